The lowest BCUT2D eigenvalue weighted by Crippen LogP contribution is -2.30. The maximum absolute atomic E-state index is 12.2. The summed E-state index contributed by atoms with van der Waals surface area (Å²) in [6.45, 7) is 4.05. The molecule has 138 valence electrons. The molecule has 3 rings (SSSR count). The molecule has 0 saturated carbocycles. The van der Waals surface area contributed by atoms with Crippen LogP contribution in [0.15, 0.2) is 48.8 Å². The number of benzene rings is 2. The Morgan fingerprint density at radius 2 is 1.74 bits per heavy atom. The van der Waals surface area contributed by atoms with Crippen LogP contribution in [0.3, 0.4) is 0 Å². The number of hydrogen-bond acceptors (Lipinski definition) is 6. The standard InChI is InChI=1S/C19H19ClN6O/c1-11-4-3-5-15(12(11)2)24-17-16(21)18(23-10-22-17)25-26-19(27)13-6-8-14(20)9-7-13/h3-10H,21H2,1-2H3,(H,26,27)(H2,22,23,24,25). The van der Waals surface area contributed by atoms with E-state index in [4.69, 9.17) is 17.3 Å². The second-order valence-corrected chi connectivity index (χ2v) is 6.38. The number of hydrazine groups is 1. The molecule has 0 aliphatic heterocycles. The van der Waals surface area contributed by atoms with Gasteiger partial charge in [0.2, 0.25) is 0 Å². The summed E-state index contributed by atoms with van der Waals surface area (Å²) in [7, 11) is 0. The molecule has 0 unspecified atom stereocenters. The van der Waals surface area contributed by atoms with Crippen LogP contribution >= 0.6 is 11.6 Å². The zero-order valence-electron chi connectivity index (χ0n) is 14.9. The summed E-state index contributed by atoms with van der Waals surface area (Å²) < 4.78 is 0. The number of aromatic nitrogens is 2. The molecule has 0 bridgehead atoms. The van der Waals surface area contributed by atoms with Crippen molar-refractivity contribution in [3.05, 3.63) is 70.5 Å². The fraction of sp³-hybridized carbons (Fsp3) is 0.105. The molecule has 2 aromatic carbocycles. The van der Waals surface area contributed by atoms with Gasteiger partial charge in [0.15, 0.2) is 11.6 Å². The third-order valence-electron chi connectivity index (χ3n) is 4.14. The predicted octanol–water partition coefficient (Wildman–Crippen LogP) is 3.83. The van der Waals surface area contributed by atoms with Crippen LogP contribution in [0, 0.1) is 13.8 Å². The number of aryl methyl sites for hydroxylation is 1. The van der Waals surface area contributed by atoms with Crippen molar-refractivity contribution in [2.45, 2.75) is 13.8 Å². The molecule has 1 amide bonds. The molecule has 1 heterocycles. The number of nitrogen functional groups attached to an aromatic ring is 1. The Morgan fingerprint density at radius 3 is 2.48 bits per heavy atom. The van der Waals surface area contributed by atoms with Gasteiger partial charge in [0, 0.05) is 16.3 Å². The van der Waals surface area contributed by atoms with E-state index in [-0.39, 0.29) is 11.6 Å². The molecule has 0 spiro atoms. The van der Waals surface area contributed by atoms with Gasteiger partial charge < -0.3 is 11.1 Å². The molecule has 0 atom stereocenters. The quantitative estimate of drug-likeness (QED) is 0.500. The average molecular weight is 383 g/mol. The van der Waals surface area contributed by atoms with Gasteiger partial charge in [0.25, 0.3) is 5.91 Å². The first-order valence-electron chi connectivity index (χ1n) is 8.21. The molecule has 5 N–H and O–H groups in total. The number of hydrogen-bond donors (Lipinski definition) is 4. The molecule has 27 heavy (non-hydrogen) atoms. The lowest BCUT2D eigenvalue weighted by molar-refractivity contribution is 0.0962. The normalized spacial score (nSPS) is 10.3. The smallest absolute Gasteiger partial charge is 0.269 e. The van der Waals surface area contributed by atoms with Crippen molar-refractivity contribution in [2.75, 3.05) is 16.5 Å². The molecule has 7 nitrogen and oxygen atoms in total. The number of anilines is 4. The monoisotopic (exact) mass is 382 g/mol. The number of nitrogens with two attached hydrogens (primary N) is 1. The minimum atomic E-state index is -0.339. The lowest BCUT2D eigenvalue weighted by atomic mass is 10.1. The van der Waals surface area contributed by atoms with E-state index in [0.717, 1.165) is 16.8 Å². The molecule has 1 aromatic heterocycles. The first-order chi connectivity index (χ1) is 13.0. The maximum atomic E-state index is 12.2. The third kappa shape index (κ3) is 4.27. The minimum absolute atomic E-state index is 0.287. The van der Waals surface area contributed by atoms with Gasteiger partial charge in [-0.05, 0) is 55.3 Å². The summed E-state index contributed by atoms with van der Waals surface area (Å²) in [5.41, 5.74) is 15.3. The van der Waals surface area contributed by atoms with Gasteiger partial charge in [-0.3, -0.25) is 15.6 Å². The number of carbonyl (C=O) groups excluding carboxylic acids is 1. The first kappa shape index (κ1) is 18.5. The van der Waals surface area contributed by atoms with E-state index in [1.54, 1.807) is 24.3 Å². The summed E-state index contributed by atoms with van der Waals surface area (Å²) in [6, 6.07) is 12.5. The summed E-state index contributed by atoms with van der Waals surface area (Å²) in [6.07, 6.45) is 1.36. The van der Waals surface area contributed by atoms with Crippen molar-refractivity contribution < 1.29 is 4.79 Å². The number of halogens is 1. The third-order valence-corrected chi connectivity index (χ3v) is 4.39. The highest BCUT2D eigenvalue weighted by Gasteiger charge is 2.11. The van der Waals surface area contributed by atoms with Crippen LogP contribution in [0.2, 0.25) is 5.02 Å². The highest BCUT2D eigenvalue weighted by molar-refractivity contribution is 6.30. The van der Waals surface area contributed by atoms with Crippen LogP contribution in [0.4, 0.5) is 23.0 Å². The van der Waals surface area contributed by atoms with E-state index in [1.165, 1.54) is 6.33 Å². The van der Waals surface area contributed by atoms with Crippen molar-refractivity contribution in [2.24, 2.45) is 0 Å². The Bertz CT molecular complexity index is 974. The van der Waals surface area contributed by atoms with E-state index in [0.29, 0.717) is 22.2 Å². The number of nitrogens with one attached hydrogen (secondary N) is 3. The van der Waals surface area contributed by atoms with Crippen molar-refractivity contribution in [1.82, 2.24) is 15.4 Å². The molecule has 0 aliphatic rings. The molecular formula is C19H19ClN6O. The van der Waals surface area contributed by atoms with Gasteiger partial charge in [-0.1, -0.05) is 23.7 Å². The SMILES string of the molecule is Cc1cccc(Nc2ncnc(NNC(=O)c3ccc(Cl)cc3)c2N)c1C. The molecule has 0 fully saturated rings. The van der Waals surface area contributed by atoms with Crippen LogP contribution in [0.1, 0.15) is 21.5 Å². The number of carbonyl (C=O) groups is 1. The maximum Gasteiger partial charge on any atom is 0.269 e. The van der Waals surface area contributed by atoms with Crippen LogP contribution in [0.25, 0.3) is 0 Å². The Morgan fingerprint density at radius 1 is 1.04 bits per heavy atom. The molecule has 8 heteroatoms. The summed E-state index contributed by atoms with van der Waals surface area (Å²) >= 11 is 5.83. The zero-order chi connectivity index (χ0) is 19.4. The van der Waals surface area contributed by atoms with Crippen molar-refractivity contribution >= 4 is 40.5 Å². The van der Waals surface area contributed by atoms with Crippen LogP contribution in [0.5, 0.6) is 0 Å². The van der Waals surface area contributed by atoms with Gasteiger partial charge in [0.05, 0.1) is 0 Å². The fourth-order valence-electron chi connectivity index (χ4n) is 2.40. The highest BCUT2D eigenvalue weighted by atomic mass is 35.5. The average Bonchev–Trinajstić information content (AvgIpc) is 2.66. The lowest BCUT2D eigenvalue weighted by Gasteiger charge is -2.15. The predicted molar refractivity (Wildman–Crippen MR) is 108 cm³/mol. The largest absolute Gasteiger partial charge is 0.393 e. The van der Waals surface area contributed by atoms with E-state index < -0.39 is 0 Å². The van der Waals surface area contributed by atoms with Gasteiger partial charge >= 0.3 is 0 Å². The number of amides is 1. The van der Waals surface area contributed by atoms with Gasteiger partial charge in [0.1, 0.15) is 12.0 Å². The molecular weight excluding hydrogens is 364 g/mol. The van der Waals surface area contributed by atoms with Crippen molar-refractivity contribution in [3.63, 3.8) is 0 Å². The molecule has 0 saturated heterocycles. The second-order valence-electron chi connectivity index (χ2n) is 5.94. The van der Waals surface area contributed by atoms with Gasteiger partial charge in [-0.25, -0.2) is 9.97 Å². The van der Waals surface area contributed by atoms with E-state index in [1.807, 2.05) is 32.0 Å². The van der Waals surface area contributed by atoms with E-state index in [2.05, 4.69) is 26.1 Å². The Labute approximate surface area is 162 Å². The number of rotatable bonds is 5. The highest BCUT2D eigenvalue weighted by Crippen LogP contribution is 2.27. The topological polar surface area (TPSA) is 105 Å². The number of nitrogens with zero attached hydrogens (tertiary/aromatic N) is 2. The van der Waals surface area contributed by atoms with Gasteiger partial charge in [-0.2, -0.15) is 0 Å². The Hall–Kier alpha value is -3.32. The Balaban J connectivity index is 1.74. The Kier molecular flexibility index (Phi) is 5.42. The summed E-state index contributed by atoms with van der Waals surface area (Å²) in [5.74, 6) is 0.399. The van der Waals surface area contributed by atoms with E-state index in [9.17, 15) is 4.79 Å². The van der Waals surface area contributed by atoms with Crippen LogP contribution in [-0.2, 0) is 0 Å². The van der Waals surface area contributed by atoms with Crippen molar-refractivity contribution in [1.29, 1.82) is 0 Å². The molecule has 0 radical (unpaired) electrons. The van der Waals surface area contributed by atoms with E-state index >= 15 is 0 Å². The fourth-order valence-corrected chi connectivity index (χ4v) is 2.52. The summed E-state index contributed by atoms with van der Waals surface area (Å²) in [5, 5.41) is 3.76. The van der Waals surface area contributed by atoms with Crippen molar-refractivity contribution in [3.8, 4) is 0 Å². The molecule has 0 aliphatic carbocycles. The zero-order valence-corrected chi connectivity index (χ0v) is 15.6. The summed E-state index contributed by atoms with van der Waals surface area (Å²) in [4.78, 5) is 20.4. The molecule has 3 aromatic rings. The minimum Gasteiger partial charge on any atom is -0.393 e. The van der Waals surface area contributed by atoms with Crippen LogP contribution in [-0.4, -0.2) is 15.9 Å². The van der Waals surface area contributed by atoms with Crippen LogP contribution < -0.4 is 21.9 Å². The second kappa shape index (κ2) is 7.92. The van der Waals surface area contributed by atoms with Gasteiger partial charge in [-0.15, -0.1) is 0 Å². The first-order valence-corrected chi connectivity index (χ1v) is 8.59.